The highest BCUT2D eigenvalue weighted by Gasteiger charge is 2.10. The largest absolute Gasteiger partial charge is 0.437 e. The van der Waals surface area contributed by atoms with Gasteiger partial charge in [0.15, 0.2) is 5.69 Å². The smallest absolute Gasteiger partial charge is 0.248 e. The lowest BCUT2D eigenvalue weighted by Gasteiger charge is -2.11. The molecule has 1 heterocycles. The highest BCUT2D eigenvalue weighted by molar-refractivity contribution is 7.80. The van der Waals surface area contributed by atoms with Crippen molar-refractivity contribution < 1.29 is 4.74 Å². The van der Waals surface area contributed by atoms with Crippen LogP contribution in [-0.4, -0.2) is 15.0 Å². The second-order valence-electron chi connectivity index (χ2n) is 4.55. The topological polar surface area (TPSA) is 61.0 Å². The minimum atomic E-state index is 0.171. The first-order valence-corrected chi connectivity index (χ1v) is 6.91. The number of ether oxygens (including phenoxy) is 1. The van der Waals surface area contributed by atoms with Gasteiger partial charge in [-0.1, -0.05) is 38.2 Å². The third-order valence-corrected chi connectivity index (χ3v) is 3.37. The molecule has 1 atom stereocenters. The summed E-state index contributed by atoms with van der Waals surface area (Å²) in [5.74, 6) is 1.55. The molecule has 0 aliphatic carbocycles. The maximum absolute atomic E-state index is 5.70. The fraction of sp³-hybridized carbons (Fsp3) is 0.267. The van der Waals surface area contributed by atoms with E-state index in [0.29, 0.717) is 23.2 Å². The van der Waals surface area contributed by atoms with Crippen LogP contribution in [0.5, 0.6) is 11.6 Å². The van der Waals surface area contributed by atoms with Gasteiger partial charge in [0.2, 0.25) is 5.88 Å². The lowest BCUT2D eigenvalue weighted by Crippen LogP contribution is -2.13. The van der Waals surface area contributed by atoms with E-state index in [9.17, 15) is 0 Å². The van der Waals surface area contributed by atoms with Gasteiger partial charge in [0, 0.05) is 12.4 Å². The number of hydrogen-bond donors (Lipinski definition) is 1. The summed E-state index contributed by atoms with van der Waals surface area (Å²) < 4.78 is 5.70. The van der Waals surface area contributed by atoms with Gasteiger partial charge in [-0.05, 0) is 30.0 Å². The number of rotatable bonds is 5. The summed E-state index contributed by atoms with van der Waals surface area (Å²) >= 11 is 4.93. The van der Waals surface area contributed by atoms with Crippen LogP contribution >= 0.6 is 12.2 Å². The summed E-state index contributed by atoms with van der Waals surface area (Å²) in [6.07, 6.45) is 4.19. The Morgan fingerprint density at radius 3 is 2.50 bits per heavy atom. The molecule has 4 nitrogen and oxygen atoms in total. The number of thiocarbonyl (C=S) groups is 1. The van der Waals surface area contributed by atoms with Gasteiger partial charge in [0.25, 0.3) is 0 Å². The Kier molecular flexibility index (Phi) is 4.63. The van der Waals surface area contributed by atoms with Gasteiger partial charge in [-0.2, -0.15) is 0 Å². The molecule has 2 rings (SSSR count). The summed E-state index contributed by atoms with van der Waals surface area (Å²) in [6.45, 7) is 4.37. The van der Waals surface area contributed by atoms with Gasteiger partial charge in [0.1, 0.15) is 10.7 Å². The predicted molar refractivity (Wildman–Crippen MR) is 83.1 cm³/mol. The molecule has 0 amide bonds. The minimum Gasteiger partial charge on any atom is -0.437 e. The van der Waals surface area contributed by atoms with Crippen LogP contribution in [0.25, 0.3) is 0 Å². The third kappa shape index (κ3) is 3.30. The quantitative estimate of drug-likeness (QED) is 0.854. The van der Waals surface area contributed by atoms with E-state index in [-0.39, 0.29) is 4.99 Å². The molecule has 0 saturated carbocycles. The molecule has 20 heavy (non-hydrogen) atoms. The van der Waals surface area contributed by atoms with Crippen LogP contribution in [0.4, 0.5) is 0 Å². The Labute approximate surface area is 124 Å². The van der Waals surface area contributed by atoms with E-state index < -0.39 is 0 Å². The van der Waals surface area contributed by atoms with E-state index in [0.717, 1.165) is 6.42 Å². The Bertz CT molecular complexity index is 598. The van der Waals surface area contributed by atoms with Crippen LogP contribution in [0.1, 0.15) is 37.4 Å². The zero-order chi connectivity index (χ0) is 14.5. The summed E-state index contributed by atoms with van der Waals surface area (Å²) in [5.41, 5.74) is 7.28. The van der Waals surface area contributed by atoms with E-state index in [4.69, 9.17) is 22.7 Å². The van der Waals surface area contributed by atoms with Crippen molar-refractivity contribution in [2.45, 2.75) is 26.2 Å². The number of benzene rings is 1. The van der Waals surface area contributed by atoms with Crippen molar-refractivity contribution in [3.8, 4) is 11.6 Å². The lowest BCUT2D eigenvalue weighted by molar-refractivity contribution is 0.458. The first-order chi connectivity index (χ1) is 9.61. The van der Waals surface area contributed by atoms with Crippen LogP contribution in [0.2, 0.25) is 0 Å². The van der Waals surface area contributed by atoms with Crippen LogP contribution < -0.4 is 10.5 Å². The molecular formula is C15H17N3OS. The predicted octanol–water partition coefficient (Wildman–Crippen LogP) is 3.42. The van der Waals surface area contributed by atoms with Crippen LogP contribution in [0.3, 0.4) is 0 Å². The van der Waals surface area contributed by atoms with Crippen LogP contribution in [0.15, 0.2) is 36.7 Å². The van der Waals surface area contributed by atoms with E-state index >= 15 is 0 Å². The Morgan fingerprint density at radius 1 is 1.25 bits per heavy atom. The van der Waals surface area contributed by atoms with Gasteiger partial charge >= 0.3 is 0 Å². The average molecular weight is 287 g/mol. The monoisotopic (exact) mass is 287 g/mol. The Balaban J connectivity index is 2.20. The lowest BCUT2D eigenvalue weighted by atomic mass is 9.99. The molecule has 2 N–H and O–H groups in total. The van der Waals surface area contributed by atoms with Crippen molar-refractivity contribution in [1.82, 2.24) is 9.97 Å². The second kappa shape index (κ2) is 6.43. The van der Waals surface area contributed by atoms with Crippen molar-refractivity contribution >= 4 is 17.2 Å². The highest BCUT2D eigenvalue weighted by atomic mass is 32.1. The van der Waals surface area contributed by atoms with Gasteiger partial charge in [-0.15, -0.1) is 0 Å². The normalized spacial score (nSPS) is 11.9. The van der Waals surface area contributed by atoms with Crippen molar-refractivity contribution in [3.63, 3.8) is 0 Å². The zero-order valence-electron chi connectivity index (χ0n) is 11.5. The fourth-order valence-electron chi connectivity index (χ4n) is 1.78. The number of nitrogens with two attached hydrogens (primary N) is 1. The first kappa shape index (κ1) is 14.4. The van der Waals surface area contributed by atoms with Crippen molar-refractivity contribution in [1.29, 1.82) is 0 Å². The summed E-state index contributed by atoms with van der Waals surface area (Å²) in [5, 5.41) is 0. The summed E-state index contributed by atoms with van der Waals surface area (Å²) in [6, 6.07) is 7.94. The fourth-order valence-corrected chi connectivity index (χ4v) is 1.92. The molecule has 0 radical (unpaired) electrons. The minimum absolute atomic E-state index is 0.171. The number of aromatic nitrogens is 2. The molecule has 0 saturated heterocycles. The molecule has 1 unspecified atom stereocenters. The molecular weight excluding hydrogens is 270 g/mol. The van der Waals surface area contributed by atoms with E-state index in [1.807, 2.05) is 12.1 Å². The molecule has 5 heteroatoms. The van der Waals surface area contributed by atoms with Crippen LogP contribution in [-0.2, 0) is 0 Å². The van der Waals surface area contributed by atoms with Crippen molar-refractivity contribution in [2.75, 3.05) is 0 Å². The summed E-state index contributed by atoms with van der Waals surface area (Å²) in [4.78, 5) is 8.37. The maximum atomic E-state index is 5.70. The standard InChI is InChI=1S/C15H17N3OS/c1-3-10(2)11-4-6-12(7-5-11)19-15-13(14(16)20)17-8-9-18-15/h4-10H,3H2,1-2H3,(H2,16,20). The molecule has 104 valence electrons. The Morgan fingerprint density at radius 2 is 1.90 bits per heavy atom. The van der Waals surface area contributed by atoms with Gasteiger partial charge in [-0.3, -0.25) is 0 Å². The summed E-state index contributed by atoms with van der Waals surface area (Å²) in [7, 11) is 0. The number of hydrogen-bond acceptors (Lipinski definition) is 4. The Hall–Kier alpha value is -2.01. The van der Waals surface area contributed by atoms with E-state index in [1.54, 1.807) is 6.20 Å². The molecule has 2 aromatic rings. The SMILES string of the molecule is CCC(C)c1ccc(Oc2nccnc2C(N)=S)cc1. The van der Waals surface area contributed by atoms with Gasteiger partial charge in [0.05, 0.1) is 0 Å². The van der Waals surface area contributed by atoms with Gasteiger partial charge in [-0.25, -0.2) is 9.97 Å². The average Bonchev–Trinajstić information content (AvgIpc) is 2.47. The molecule has 0 aliphatic heterocycles. The third-order valence-electron chi connectivity index (χ3n) is 3.17. The second-order valence-corrected chi connectivity index (χ2v) is 4.99. The number of nitrogens with zero attached hydrogens (tertiary/aromatic N) is 2. The van der Waals surface area contributed by atoms with Crippen LogP contribution in [0, 0.1) is 0 Å². The molecule has 1 aromatic heterocycles. The maximum Gasteiger partial charge on any atom is 0.248 e. The van der Waals surface area contributed by atoms with E-state index in [2.05, 4.69) is 35.9 Å². The highest BCUT2D eigenvalue weighted by Crippen LogP contribution is 2.25. The first-order valence-electron chi connectivity index (χ1n) is 6.50. The molecule has 0 bridgehead atoms. The molecule has 0 fully saturated rings. The van der Waals surface area contributed by atoms with Gasteiger partial charge < -0.3 is 10.5 Å². The van der Waals surface area contributed by atoms with Crippen molar-refractivity contribution in [2.24, 2.45) is 5.73 Å². The molecule has 1 aromatic carbocycles. The van der Waals surface area contributed by atoms with Crippen molar-refractivity contribution in [3.05, 3.63) is 47.9 Å². The zero-order valence-corrected chi connectivity index (χ0v) is 12.4. The van der Waals surface area contributed by atoms with E-state index in [1.165, 1.54) is 11.8 Å². The molecule has 0 spiro atoms. The molecule has 0 aliphatic rings.